The Morgan fingerprint density at radius 1 is 0.951 bits per heavy atom. The first-order chi connectivity index (χ1) is 19.9. The lowest BCUT2D eigenvalue weighted by atomic mass is 10.1. The van der Waals surface area contributed by atoms with Crippen molar-refractivity contribution in [2.75, 3.05) is 39.8 Å². The Balaban J connectivity index is 1.21. The minimum atomic E-state index is -0.324. The van der Waals surface area contributed by atoms with E-state index >= 15 is 0 Å². The van der Waals surface area contributed by atoms with Crippen LogP contribution in [0.5, 0.6) is 5.75 Å². The van der Waals surface area contributed by atoms with Crippen LogP contribution in [-0.4, -0.2) is 60.1 Å². The molecule has 41 heavy (non-hydrogen) atoms. The Morgan fingerprint density at radius 2 is 1.73 bits per heavy atom. The fraction of sp³-hybridized carbons (Fsp3) is 0.364. The number of rotatable bonds is 10. The summed E-state index contributed by atoms with van der Waals surface area (Å²) in [6.45, 7) is 8.35. The molecule has 2 heterocycles. The minimum absolute atomic E-state index is 0.123. The van der Waals surface area contributed by atoms with E-state index in [1.54, 1.807) is 31.4 Å². The Labute approximate surface area is 240 Å². The van der Waals surface area contributed by atoms with Gasteiger partial charge in [-0.2, -0.15) is 0 Å². The predicted molar refractivity (Wildman–Crippen MR) is 158 cm³/mol. The van der Waals surface area contributed by atoms with Gasteiger partial charge in [0.15, 0.2) is 0 Å². The molecule has 1 saturated heterocycles. The molecule has 5 rings (SSSR count). The number of carbonyl (C=O) groups excluding carboxylic acids is 1. The molecule has 0 aliphatic carbocycles. The molecule has 3 aromatic carbocycles. The van der Waals surface area contributed by atoms with Crippen molar-refractivity contribution in [1.29, 1.82) is 0 Å². The first-order valence-electron chi connectivity index (χ1n) is 14.3. The van der Waals surface area contributed by atoms with Gasteiger partial charge < -0.3 is 19.5 Å². The molecule has 0 spiro atoms. The maximum absolute atomic E-state index is 14.4. The van der Waals surface area contributed by atoms with Crippen LogP contribution in [0.2, 0.25) is 0 Å². The number of aromatic nitrogens is 1. The fourth-order valence-corrected chi connectivity index (χ4v) is 5.73. The van der Waals surface area contributed by atoms with Gasteiger partial charge in [0, 0.05) is 49.9 Å². The third-order valence-electron chi connectivity index (χ3n) is 7.96. The van der Waals surface area contributed by atoms with Crippen molar-refractivity contribution in [3.8, 4) is 5.75 Å². The monoisotopic (exact) mass is 560 g/mol. The van der Waals surface area contributed by atoms with Crippen LogP contribution in [0.15, 0.2) is 66.9 Å². The second-order valence-electron chi connectivity index (χ2n) is 10.8. The SMILES string of the molecule is COc1cccc2c(C(=O)NCc3cccc(F)c3)cn(CCCN3CCCN(Cc4c(C)cccc4F)CC3)c12. The van der Waals surface area contributed by atoms with E-state index in [-0.39, 0.29) is 24.1 Å². The van der Waals surface area contributed by atoms with Crippen molar-refractivity contribution >= 4 is 16.8 Å². The maximum Gasteiger partial charge on any atom is 0.253 e. The van der Waals surface area contributed by atoms with Gasteiger partial charge in [-0.25, -0.2) is 8.78 Å². The molecule has 1 fully saturated rings. The Bertz CT molecular complexity index is 1480. The predicted octanol–water partition coefficient (Wildman–Crippen LogP) is 5.76. The lowest BCUT2D eigenvalue weighted by Crippen LogP contribution is -2.31. The standard InChI is InChI=1S/C33H38F2N4O2/c1-24-8-3-12-30(35)28(24)22-38-16-6-14-37(18-19-38)15-7-17-39-23-29(27-11-5-13-31(41-2)32(27)39)33(40)36-21-25-9-4-10-26(34)20-25/h3-5,8-13,20,23H,6-7,14-19,21-22H2,1-2H3,(H,36,40). The van der Waals surface area contributed by atoms with Gasteiger partial charge in [-0.15, -0.1) is 0 Å². The Kier molecular flexibility index (Phi) is 9.31. The zero-order valence-corrected chi connectivity index (χ0v) is 23.8. The van der Waals surface area contributed by atoms with Crippen LogP contribution in [-0.2, 0) is 19.6 Å². The molecule has 1 amide bonds. The van der Waals surface area contributed by atoms with Crippen LogP contribution in [0, 0.1) is 18.6 Å². The van der Waals surface area contributed by atoms with E-state index in [1.165, 1.54) is 12.1 Å². The zero-order valence-electron chi connectivity index (χ0n) is 23.8. The summed E-state index contributed by atoms with van der Waals surface area (Å²) in [6.07, 6.45) is 3.86. The molecular weight excluding hydrogens is 522 g/mol. The summed E-state index contributed by atoms with van der Waals surface area (Å²) in [7, 11) is 1.64. The van der Waals surface area contributed by atoms with Gasteiger partial charge in [-0.1, -0.05) is 36.4 Å². The van der Waals surface area contributed by atoms with Gasteiger partial charge in [0.1, 0.15) is 17.4 Å². The largest absolute Gasteiger partial charge is 0.495 e. The first-order valence-corrected chi connectivity index (χ1v) is 14.3. The van der Waals surface area contributed by atoms with Crippen LogP contribution in [0.1, 0.15) is 39.9 Å². The van der Waals surface area contributed by atoms with Gasteiger partial charge in [-0.05, 0) is 74.8 Å². The number of methoxy groups -OCH3 is 1. The van der Waals surface area contributed by atoms with E-state index in [4.69, 9.17) is 4.74 Å². The number of aryl methyl sites for hydroxylation is 2. The van der Waals surface area contributed by atoms with Crippen LogP contribution in [0.25, 0.3) is 10.9 Å². The number of ether oxygens (including phenoxy) is 1. The highest BCUT2D eigenvalue weighted by molar-refractivity contribution is 6.08. The molecule has 0 saturated carbocycles. The summed E-state index contributed by atoms with van der Waals surface area (Å²) in [6, 6.07) is 17.3. The van der Waals surface area contributed by atoms with Crippen molar-refractivity contribution < 1.29 is 18.3 Å². The molecule has 4 aromatic rings. The van der Waals surface area contributed by atoms with Crippen molar-refractivity contribution in [3.05, 3.63) is 101 Å². The minimum Gasteiger partial charge on any atom is -0.495 e. The summed E-state index contributed by atoms with van der Waals surface area (Å²) >= 11 is 0. The lowest BCUT2D eigenvalue weighted by Gasteiger charge is -2.23. The number of benzene rings is 3. The number of halogens is 2. The van der Waals surface area contributed by atoms with Crippen molar-refractivity contribution in [2.45, 2.75) is 39.4 Å². The molecule has 216 valence electrons. The van der Waals surface area contributed by atoms with Crippen LogP contribution in [0.4, 0.5) is 8.78 Å². The molecule has 1 N–H and O–H groups in total. The smallest absolute Gasteiger partial charge is 0.253 e. The summed E-state index contributed by atoms with van der Waals surface area (Å²) in [5.74, 6) is 0.0717. The van der Waals surface area contributed by atoms with E-state index in [1.807, 2.05) is 37.4 Å². The molecular formula is C33H38F2N4O2. The summed E-state index contributed by atoms with van der Waals surface area (Å²) < 4.78 is 35.7. The van der Waals surface area contributed by atoms with Gasteiger partial charge >= 0.3 is 0 Å². The highest BCUT2D eigenvalue weighted by Crippen LogP contribution is 2.30. The van der Waals surface area contributed by atoms with Gasteiger partial charge in [-0.3, -0.25) is 9.69 Å². The molecule has 0 unspecified atom stereocenters. The third kappa shape index (κ3) is 6.94. The van der Waals surface area contributed by atoms with Gasteiger partial charge in [0.25, 0.3) is 5.91 Å². The van der Waals surface area contributed by atoms with Crippen molar-refractivity contribution in [1.82, 2.24) is 19.7 Å². The molecule has 0 atom stereocenters. The third-order valence-corrected chi connectivity index (χ3v) is 7.96. The topological polar surface area (TPSA) is 49.7 Å². The van der Waals surface area contributed by atoms with E-state index in [0.717, 1.165) is 79.9 Å². The lowest BCUT2D eigenvalue weighted by molar-refractivity contribution is 0.0952. The number of hydrogen-bond acceptors (Lipinski definition) is 4. The summed E-state index contributed by atoms with van der Waals surface area (Å²) in [4.78, 5) is 18.0. The van der Waals surface area contributed by atoms with Crippen molar-refractivity contribution in [3.63, 3.8) is 0 Å². The Hall–Kier alpha value is -3.75. The quantitative estimate of drug-likeness (QED) is 0.268. The number of fused-ring (bicyclic) bond motifs is 1. The summed E-state index contributed by atoms with van der Waals surface area (Å²) in [5.41, 5.74) is 3.98. The molecule has 6 nitrogen and oxygen atoms in total. The second-order valence-corrected chi connectivity index (χ2v) is 10.8. The fourth-order valence-electron chi connectivity index (χ4n) is 5.73. The first kappa shape index (κ1) is 28.8. The summed E-state index contributed by atoms with van der Waals surface area (Å²) in [5, 5.41) is 3.76. The number of nitrogens with zero attached hydrogens (tertiary/aromatic N) is 3. The zero-order chi connectivity index (χ0) is 28.8. The molecule has 0 radical (unpaired) electrons. The van der Waals surface area contributed by atoms with E-state index < -0.39 is 0 Å². The normalized spacial score (nSPS) is 14.7. The van der Waals surface area contributed by atoms with E-state index in [2.05, 4.69) is 19.7 Å². The van der Waals surface area contributed by atoms with Crippen LogP contribution >= 0.6 is 0 Å². The number of carbonyl (C=O) groups is 1. The van der Waals surface area contributed by atoms with E-state index in [0.29, 0.717) is 17.7 Å². The molecule has 8 heteroatoms. The number of nitrogens with one attached hydrogen (secondary N) is 1. The van der Waals surface area contributed by atoms with E-state index in [9.17, 15) is 13.6 Å². The highest BCUT2D eigenvalue weighted by atomic mass is 19.1. The van der Waals surface area contributed by atoms with Crippen LogP contribution < -0.4 is 10.1 Å². The number of para-hydroxylation sites is 1. The van der Waals surface area contributed by atoms with Gasteiger partial charge in [0.05, 0.1) is 18.2 Å². The molecule has 1 aromatic heterocycles. The second kappa shape index (κ2) is 13.3. The average molecular weight is 561 g/mol. The molecule has 0 bridgehead atoms. The van der Waals surface area contributed by atoms with Crippen molar-refractivity contribution in [2.24, 2.45) is 0 Å². The number of amides is 1. The molecule has 1 aliphatic rings. The highest BCUT2D eigenvalue weighted by Gasteiger charge is 2.20. The molecule has 1 aliphatic heterocycles. The maximum atomic E-state index is 14.4. The number of hydrogen-bond donors (Lipinski definition) is 1. The Morgan fingerprint density at radius 3 is 2.54 bits per heavy atom. The van der Waals surface area contributed by atoms with Gasteiger partial charge in [0.2, 0.25) is 0 Å². The van der Waals surface area contributed by atoms with Crippen LogP contribution in [0.3, 0.4) is 0 Å². The average Bonchev–Trinajstić information content (AvgIpc) is 3.19.